The molecule has 3 rings (SSSR count). The van der Waals surface area contributed by atoms with Crippen molar-refractivity contribution in [3.63, 3.8) is 0 Å². The summed E-state index contributed by atoms with van der Waals surface area (Å²) >= 11 is 0. The largest absolute Gasteiger partial charge is 0.381 e. The molecule has 24 heavy (non-hydrogen) atoms. The highest BCUT2D eigenvalue weighted by atomic mass is 16.5. The van der Waals surface area contributed by atoms with Gasteiger partial charge in [0.25, 0.3) is 0 Å². The van der Waals surface area contributed by atoms with Crippen LogP contribution in [0.3, 0.4) is 0 Å². The van der Waals surface area contributed by atoms with Crippen molar-refractivity contribution >= 4 is 5.69 Å². The molecule has 0 aliphatic carbocycles. The van der Waals surface area contributed by atoms with Gasteiger partial charge in [0.05, 0.1) is 37.8 Å². The van der Waals surface area contributed by atoms with E-state index in [0.717, 1.165) is 16.9 Å². The summed E-state index contributed by atoms with van der Waals surface area (Å²) in [7, 11) is 3.76. The predicted octanol–water partition coefficient (Wildman–Crippen LogP) is 1.32. The Morgan fingerprint density at radius 2 is 2.12 bits per heavy atom. The number of ether oxygens (including phenoxy) is 2. The summed E-state index contributed by atoms with van der Waals surface area (Å²) in [6.45, 7) is 2.21. The average molecular weight is 330 g/mol. The normalized spacial score (nSPS) is 16.7. The monoisotopic (exact) mass is 330 g/mol. The molecule has 0 amide bonds. The lowest BCUT2D eigenvalue weighted by molar-refractivity contribution is -0.0724. The molecule has 1 saturated heterocycles. The van der Waals surface area contributed by atoms with Crippen LogP contribution in [0, 0.1) is 11.3 Å². The number of rotatable bonds is 6. The summed E-state index contributed by atoms with van der Waals surface area (Å²) in [5, 5.41) is 21.4. The molecule has 8 nitrogen and oxygen atoms in total. The first kappa shape index (κ1) is 16.5. The second-order valence-corrected chi connectivity index (χ2v) is 5.96. The Kier molecular flexibility index (Phi) is 4.83. The number of hydrogen-bond acceptors (Lipinski definition) is 6. The lowest BCUT2D eigenvalue weighted by Gasteiger charge is -2.30. The molecule has 0 spiro atoms. The summed E-state index contributed by atoms with van der Waals surface area (Å²) in [5.74, 6) is 0. The number of nitrogens with zero attached hydrogens (tertiary/aromatic N) is 5. The molecule has 0 atom stereocenters. The van der Waals surface area contributed by atoms with Crippen molar-refractivity contribution in [2.24, 2.45) is 14.1 Å². The van der Waals surface area contributed by atoms with Gasteiger partial charge in [0, 0.05) is 51.4 Å². The van der Waals surface area contributed by atoms with Crippen molar-refractivity contribution in [2.45, 2.75) is 18.4 Å². The quantitative estimate of drug-likeness (QED) is 0.804. The SMILES string of the molecule is Cn1cc(-c2nn(C)cc2NCCOC2(C#N)CCOCC2)cn1. The number of aryl methyl sites for hydroxylation is 2. The van der Waals surface area contributed by atoms with E-state index in [0.29, 0.717) is 39.2 Å². The molecule has 0 saturated carbocycles. The van der Waals surface area contributed by atoms with Gasteiger partial charge in [-0.3, -0.25) is 9.36 Å². The van der Waals surface area contributed by atoms with Gasteiger partial charge in [-0.1, -0.05) is 0 Å². The van der Waals surface area contributed by atoms with Crippen LogP contribution in [0.4, 0.5) is 5.69 Å². The van der Waals surface area contributed by atoms with Gasteiger partial charge in [-0.15, -0.1) is 0 Å². The van der Waals surface area contributed by atoms with Gasteiger partial charge in [-0.05, 0) is 0 Å². The van der Waals surface area contributed by atoms with E-state index in [4.69, 9.17) is 9.47 Å². The fraction of sp³-hybridized carbons (Fsp3) is 0.562. The maximum absolute atomic E-state index is 9.38. The number of aromatic nitrogens is 4. The van der Waals surface area contributed by atoms with Crippen LogP contribution >= 0.6 is 0 Å². The Balaban J connectivity index is 1.58. The van der Waals surface area contributed by atoms with Gasteiger partial charge < -0.3 is 14.8 Å². The highest BCUT2D eigenvalue weighted by Crippen LogP contribution is 2.26. The summed E-state index contributed by atoms with van der Waals surface area (Å²) < 4.78 is 14.7. The van der Waals surface area contributed by atoms with E-state index in [1.165, 1.54) is 0 Å². The Labute approximate surface area is 141 Å². The molecule has 0 aromatic carbocycles. The Bertz CT molecular complexity index is 723. The molecule has 2 aromatic rings. The van der Waals surface area contributed by atoms with E-state index in [2.05, 4.69) is 21.6 Å². The van der Waals surface area contributed by atoms with Gasteiger partial charge in [0.15, 0.2) is 5.60 Å². The molecule has 2 aromatic heterocycles. The molecule has 1 aliphatic heterocycles. The van der Waals surface area contributed by atoms with Crippen LogP contribution in [0.1, 0.15) is 12.8 Å². The topological polar surface area (TPSA) is 89.9 Å². The minimum absolute atomic E-state index is 0.453. The van der Waals surface area contributed by atoms with E-state index in [-0.39, 0.29) is 0 Å². The first-order chi connectivity index (χ1) is 11.6. The molecule has 0 radical (unpaired) electrons. The Morgan fingerprint density at radius 3 is 2.79 bits per heavy atom. The smallest absolute Gasteiger partial charge is 0.158 e. The fourth-order valence-corrected chi connectivity index (χ4v) is 2.80. The molecule has 8 heteroatoms. The van der Waals surface area contributed by atoms with Crippen molar-refractivity contribution < 1.29 is 9.47 Å². The average Bonchev–Trinajstić information content (AvgIpc) is 3.18. The van der Waals surface area contributed by atoms with E-state index >= 15 is 0 Å². The standard InChI is InChI=1S/C16H22N6O2/c1-21-10-13(9-19-21)15-14(11-22(2)20-15)18-5-8-24-16(12-17)3-6-23-7-4-16/h9-11,18H,3-8H2,1-2H3. The molecular formula is C16H22N6O2. The van der Waals surface area contributed by atoms with Crippen molar-refractivity contribution in [1.29, 1.82) is 5.26 Å². The third-order valence-electron chi connectivity index (χ3n) is 4.11. The van der Waals surface area contributed by atoms with E-state index in [1.807, 2.05) is 26.5 Å². The number of anilines is 1. The van der Waals surface area contributed by atoms with Gasteiger partial charge in [0.1, 0.15) is 5.69 Å². The first-order valence-electron chi connectivity index (χ1n) is 8.01. The van der Waals surface area contributed by atoms with Crippen molar-refractivity contribution in [3.05, 3.63) is 18.6 Å². The van der Waals surface area contributed by atoms with Crippen molar-refractivity contribution in [3.8, 4) is 17.3 Å². The molecule has 128 valence electrons. The van der Waals surface area contributed by atoms with E-state index in [9.17, 15) is 5.26 Å². The van der Waals surface area contributed by atoms with Gasteiger partial charge >= 0.3 is 0 Å². The first-order valence-corrected chi connectivity index (χ1v) is 8.01. The molecule has 0 bridgehead atoms. The lowest BCUT2D eigenvalue weighted by Crippen LogP contribution is -2.38. The fourth-order valence-electron chi connectivity index (χ4n) is 2.80. The number of nitriles is 1. The summed E-state index contributed by atoms with van der Waals surface area (Å²) in [6, 6.07) is 2.30. The Hall–Kier alpha value is -2.37. The summed E-state index contributed by atoms with van der Waals surface area (Å²) in [5.41, 5.74) is 2.03. The van der Waals surface area contributed by atoms with Crippen molar-refractivity contribution in [1.82, 2.24) is 19.6 Å². The van der Waals surface area contributed by atoms with Crippen molar-refractivity contribution in [2.75, 3.05) is 31.7 Å². The maximum Gasteiger partial charge on any atom is 0.158 e. The molecule has 3 heterocycles. The highest BCUT2D eigenvalue weighted by Gasteiger charge is 2.33. The third-order valence-corrected chi connectivity index (χ3v) is 4.11. The number of hydrogen-bond donors (Lipinski definition) is 1. The zero-order valence-electron chi connectivity index (χ0n) is 14.0. The van der Waals surface area contributed by atoms with Crippen LogP contribution in [0.2, 0.25) is 0 Å². The van der Waals surface area contributed by atoms with E-state index in [1.54, 1.807) is 15.6 Å². The summed E-state index contributed by atoms with van der Waals surface area (Å²) in [4.78, 5) is 0. The second kappa shape index (κ2) is 7.03. The molecule has 1 fully saturated rings. The third kappa shape index (κ3) is 3.58. The van der Waals surface area contributed by atoms with Crippen LogP contribution in [-0.2, 0) is 23.6 Å². The molecule has 1 aliphatic rings. The Morgan fingerprint density at radius 1 is 1.33 bits per heavy atom. The minimum Gasteiger partial charge on any atom is -0.381 e. The molecule has 0 unspecified atom stereocenters. The van der Waals surface area contributed by atoms with Gasteiger partial charge in [0.2, 0.25) is 0 Å². The van der Waals surface area contributed by atoms with Crippen LogP contribution in [0.5, 0.6) is 0 Å². The minimum atomic E-state index is -0.707. The van der Waals surface area contributed by atoms with E-state index < -0.39 is 5.60 Å². The maximum atomic E-state index is 9.38. The second-order valence-electron chi connectivity index (χ2n) is 5.96. The number of nitrogens with one attached hydrogen (secondary N) is 1. The van der Waals surface area contributed by atoms with Crippen LogP contribution in [0.15, 0.2) is 18.6 Å². The molecule has 1 N–H and O–H groups in total. The van der Waals surface area contributed by atoms with Crippen LogP contribution in [0.25, 0.3) is 11.3 Å². The van der Waals surface area contributed by atoms with Crippen LogP contribution in [-0.4, -0.2) is 51.5 Å². The highest BCUT2D eigenvalue weighted by molar-refractivity contribution is 5.72. The van der Waals surface area contributed by atoms with Gasteiger partial charge in [-0.2, -0.15) is 15.5 Å². The molecular weight excluding hydrogens is 308 g/mol. The zero-order valence-corrected chi connectivity index (χ0v) is 14.0. The lowest BCUT2D eigenvalue weighted by atomic mass is 9.96. The zero-order chi connectivity index (χ0) is 17.0. The summed E-state index contributed by atoms with van der Waals surface area (Å²) in [6.07, 6.45) is 6.89. The van der Waals surface area contributed by atoms with Crippen LogP contribution < -0.4 is 5.32 Å². The van der Waals surface area contributed by atoms with Gasteiger partial charge in [-0.25, -0.2) is 0 Å². The predicted molar refractivity (Wildman–Crippen MR) is 88.2 cm³/mol.